The maximum absolute atomic E-state index is 13.0. The van der Waals surface area contributed by atoms with Gasteiger partial charge in [0.2, 0.25) is 5.91 Å². The van der Waals surface area contributed by atoms with Crippen molar-refractivity contribution in [3.63, 3.8) is 0 Å². The molecule has 8 nitrogen and oxygen atoms in total. The molecule has 1 unspecified atom stereocenters. The van der Waals surface area contributed by atoms with Crippen LogP contribution >= 0.6 is 0 Å². The second-order valence-electron chi connectivity index (χ2n) is 7.73. The molecule has 1 aliphatic heterocycles. The third kappa shape index (κ3) is 4.12. The molecule has 2 aromatic heterocycles. The molecule has 1 N–H and O–H groups in total. The maximum Gasteiger partial charge on any atom is 0.273 e. The van der Waals surface area contributed by atoms with Crippen LogP contribution in [-0.2, 0) is 11.3 Å². The summed E-state index contributed by atoms with van der Waals surface area (Å²) in [4.78, 5) is 34.9. The molecule has 0 saturated carbocycles. The number of oxazole rings is 1. The van der Waals surface area contributed by atoms with Gasteiger partial charge < -0.3 is 19.2 Å². The summed E-state index contributed by atoms with van der Waals surface area (Å²) >= 11 is 0. The molecule has 3 rings (SSSR count). The SMILES string of the molecule is CC(Cn1ccnc1)C(=O)N1CC(C)(C)C[C@H]1CNC(=O)c1cocn1. The number of imidazole rings is 1. The van der Waals surface area contributed by atoms with Crippen molar-refractivity contribution in [3.05, 3.63) is 37.1 Å². The summed E-state index contributed by atoms with van der Waals surface area (Å²) in [7, 11) is 0. The Morgan fingerprint density at radius 2 is 2.27 bits per heavy atom. The third-order valence-corrected chi connectivity index (χ3v) is 4.74. The Balaban J connectivity index is 1.63. The molecule has 0 radical (unpaired) electrons. The molecule has 2 atom stereocenters. The summed E-state index contributed by atoms with van der Waals surface area (Å²) in [5, 5.41) is 2.86. The van der Waals surface area contributed by atoms with Crippen LogP contribution in [0.3, 0.4) is 0 Å². The van der Waals surface area contributed by atoms with Gasteiger partial charge in [0.15, 0.2) is 12.1 Å². The lowest BCUT2D eigenvalue weighted by Gasteiger charge is -2.28. The van der Waals surface area contributed by atoms with Crippen molar-refractivity contribution in [1.29, 1.82) is 0 Å². The fraction of sp³-hybridized carbons (Fsp3) is 0.556. The Morgan fingerprint density at radius 3 is 2.92 bits per heavy atom. The second kappa shape index (κ2) is 7.31. The van der Waals surface area contributed by atoms with E-state index in [4.69, 9.17) is 4.42 Å². The van der Waals surface area contributed by atoms with E-state index in [9.17, 15) is 9.59 Å². The summed E-state index contributed by atoms with van der Waals surface area (Å²) in [6, 6.07) is -0.0291. The molecular formula is C18H25N5O3. The second-order valence-corrected chi connectivity index (χ2v) is 7.73. The number of hydrogen-bond acceptors (Lipinski definition) is 5. The Bertz CT molecular complexity index is 739. The van der Waals surface area contributed by atoms with Gasteiger partial charge in [0.1, 0.15) is 6.26 Å². The van der Waals surface area contributed by atoms with Crippen molar-refractivity contribution < 1.29 is 14.0 Å². The van der Waals surface area contributed by atoms with E-state index in [2.05, 4.69) is 29.1 Å². The standard InChI is InChI=1S/C18H25N5O3/c1-13(8-22-5-4-19-11-22)17(25)23-10-18(2,3)6-14(23)7-20-16(24)15-9-26-12-21-15/h4-5,9,11-14H,6-8,10H2,1-3H3,(H,20,24)/t13?,14-/m0/s1. The molecule has 0 aromatic carbocycles. The Morgan fingerprint density at radius 1 is 1.46 bits per heavy atom. The highest BCUT2D eigenvalue weighted by molar-refractivity contribution is 5.91. The number of amides is 2. The zero-order valence-electron chi connectivity index (χ0n) is 15.4. The lowest BCUT2D eigenvalue weighted by molar-refractivity contribution is -0.136. The minimum atomic E-state index is -0.290. The summed E-state index contributed by atoms with van der Waals surface area (Å²) < 4.78 is 6.75. The predicted molar refractivity (Wildman–Crippen MR) is 94.1 cm³/mol. The number of hydrogen-bond donors (Lipinski definition) is 1. The lowest BCUT2D eigenvalue weighted by Crippen LogP contribution is -2.45. The fourth-order valence-corrected chi connectivity index (χ4v) is 3.54. The van der Waals surface area contributed by atoms with Crippen LogP contribution in [0.4, 0.5) is 0 Å². The highest BCUT2D eigenvalue weighted by Gasteiger charge is 2.41. The van der Waals surface area contributed by atoms with Gasteiger partial charge in [-0.1, -0.05) is 20.8 Å². The van der Waals surface area contributed by atoms with Crippen molar-refractivity contribution >= 4 is 11.8 Å². The fourth-order valence-electron chi connectivity index (χ4n) is 3.54. The molecule has 0 bridgehead atoms. The molecule has 8 heteroatoms. The Hall–Kier alpha value is -2.64. The molecule has 3 heterocycles. The Kier molecular flexibility index (Phi) is 5.11. The third-order valence-electron chi connectivity index (χ3n) is 4.74. The number of nitrogens with one attached hydrogen (secondary N) is 1. The zero-order valence-corrected chi connectivity index (χ0v) is 15.4. The van der Waals surface area contributed by atoms with E-state index < -0.39 is 0 Å². The molecule has 2 aromatic rings. The highest BCUT2D eigenvalue weighted by Crippen LogP contribution is 2.34. The van der Waals surface area contributed by atoms with Crippen LogP contribution in [0.15, 0.2) is 35.8 Å². The summed E-state index contributed by atoms with van der Waals surface area (Å²) in [6.07, 6.45) is 8.65. The van der Waals surface area contributed by atoms with E-state index in [1.807, 2.05) is 22.6 Å². The van der Waals surface area contributed by atoms with E-state index in [1.54, 1.807) is 12.5 Å². The van der Waals surface area contributed by atoms with Crippen molar-refractivity contribution in [2.45, 2.75) is 39.8 Å². The van der Waals surface area contributed by atoms with E-state index >= 15 is 0 Å². The molecule has 140 valence electrons. The van der Waals surface area contributed by atoms with Crippen LogP contribution in [0.2, 0.25) is 0 Å². The molecule has 1 aliphatic rings. The largest absolute Gasteiger partial charge is 0.451 e. The number of carbonyl (C=O) groups is 2. The van der Waals surface area contributed by atoms with Gasteiger partial charge in [-0.05, 0) is 11.8 Å². The first-order chi connectivity index (χ1) is 12.4. The number of nitrogens with zero attached hydrogens (tertiary/aromatic N) is 4. The van der Waals surface area contributed by atoms with Gasteiger partial charge in [0.25, 0.3) is 5.91 Å². The zero-order chi connectivity index (χ0) is 18.7. The molecule has 1 fully saturated rings. The van der Waals surface area contributed by atoms with Gasteiger partial charge in [0, 0.05) is 38.1 Å². The van der Waals surface area contributed by atoms with E-state index in [-0.39, 0.29) is 34.9 Å². The number of aromatic nitrogens is 3. The van der Waals surface area contributed by atoms with E-state index in [1.165, 1.54) is 12.7 Å². The normalized spacial score (nSPS) is 20.1. The van der Waals surface area contributed by atoms with Crippen LogP contribution in [0, 0.1) is 11.3 Å². The van der Waals surface area contributed by atoms with Gasteiger partial charge in [-0.3, -0.25) is 9.59 Å². The number of rotatable bonds is 6. The first-order valence-electron chi connectivity index (χ1n) is 8.78. The van der Waals surface area contributed by atoms with Crippen LogP contribution in [0.25, 0.3) is 0 Å². The minimum absolute atomic E-state index is 0.0215. The van der Waals surface area contributed by atoms with Crippen LogP contribution in [0.1, 0.15) is 37.7 Å². The molecule has 0 aliphatic carbocycles. The van der Waals surface area contributed by atoms with Gasteiger partial charge in [-0.2, -0.15) is 0 Å². The first-order valence-corrected chi connectivity index (χ1v) is 8.78. The highest BCUT2D eigenvalue weighted by atomic mass is 16.3. The van der Waals surface area contributed by atoms with Crippen LogP contribution < -0.4 is 5.32 Å². The molecule has 0 spiro atoms. The first kappa shape index (κ1) is 18.2. The number of carbonyl (C=O) groups excluding carboxylic acids is 2. The van der Waals surface area contributed by atoms with Gasteiger partial charge in [0.05, 0.1) is 12.2 Å². The lowest BCUT2D eigenvalue weighted by atomic mass is 9.91. The van der Waals surface area contributed by atoms with Crippen molar-refractivity contribution in [2.24, 2.45) is 11.3 Å². The average molecular weight is 359 g/mol. The molecule has 26 heavy (non-hydrogen) atoms. The van der Waals surface area contributed by atoms with E-state index in [0.29, 0.717) is 19.6 Å². The quantitative estimate of drug-likeness (QED) is 0.845. The summed E-state index contributed by atoms with van der Waals surface area (Å²) in [5.74, 6) is -0.348. The van der Waals surface area contributed by atoms with Crippen LogP contribution in [0.5, 0.6) is 0 Å². The maximum atomic E-state index is 13.0. The van der Waals surface area contributed by atoms with Crippen molar-refractivity contribution in [3.8, 4) is 0 Å². The Labute approximate surface area is 152 Å². The van der Waals surface area contributed by atoms with Gasteiger partial charge in [-0.15, -0.1) is 0 Å². The smallest absolute Gasteiger partial charge is 0.273 e. The predicted octanol–water partition coefficient (Wildman–Crippen LogP) is 1.56. The molecule has 2 amide bonds. The topological polar surface area (TPSA) is 93.3 Å². The van der Waals surface area contributed by atoms with Gasteiger partial charge in [-0.25, -0.2) is 9.97 Å². The van der Waals surface area contributed by atoms with Crippen LogP contribution in [-0.4, -0.2) is 50.4 Å². The molecule has 1 saturated heterocycles. The monoisotopic (exact) mass is 359 g/mol. The number of likely N-dealkylation sites (tertiary alicyclic amines) is 1. The summed E-state index contributed by atoms with van der Waals surface area (Å²) in [6.45, 7) is 7.90. The van der Waals surface area contributed by atoms with Crippen molar-refractivity contribution in [1.82, 2.24) is 24.8 Å². The summed E-state index contributed by atoms with van der Waals surface area (Å²) in [5.41, 5.74) is 0.266. The molecular weight excluding hydrogens is 334 g/mol. The van der Waals surface area contributed by atoms with Crippen molar-refractivity contribution in [2.75, 3.05) is 13.1 Å². The van der Waals surface area contributed by atoms with E-state index in [0.717, 1.165) is 6.42 Å². The van der Waals surface area contributed by atoms with Gasteiger partial charge >= 0.3 is 0 Å². The minimum Gasteiger partial charge on any atom is -0.451 e. The average Bonchev–Trinajstić information content (AvgIpc) is 3.32.